The van der Waals surface area contributed by atoms with Crippen LogP contribution in [-0.4, -0.2) is 36.7 Å². The minimum Gasteiger partial charge on any atom is -0.376 e. The van der Waals surface area contributed by atoms with Gasteiger partial charge in [0.1, 0.15) is 0 Å². The number of nitrogens with zero attached hydrogens (tertiary/aromatic N) is 1. The van der Waals surface area contributed by atoms with Gasteiger partial charge < -0.3 is 9.64 Å². The van der Waals surface area contributed by atoms with E-state index in [0.29, 0.717) is 12.5 Å². The highest BCUT2D eigenvalue weighted by Crippen LogP contribution is 2.45. The third-order valence-corrected chi connectivity index (χ3v) is 7.62. The van der Waals surface area contributed by atoms with Crippen molar-refractivity contribution >= 4 is 0 Å². The number of halogens is 3. The number of alkyl halides is 3. The summed E-state index contributed by atoms with van der Waals surface area (Å²) in [6.07, 6.45) is 1.55. The minimum absolute atomic E-state index is 0.288. The Kier molecular flexibility index (Phi) is 7.20. The molecule has 4 rings (SSSR count). The van der Waals surface area contributed by atoms with E-state index in [-0.39, 0.29) is 11.0 Å². The van der Waals surface area contributed by atoms with Gasteiger partial charge in [-0.3, -0.25) is 0 Å². The van der Waals surface area contributed by atoms with Crippen LogP contribution in [0.2, 0.25) is 0 Å². The molecule has 2 saturated heterocycles. The maximum atomic E-state index is 13.4. The summed E-state index contributed by atoms with van der Waals surface area (Å²) in [6, 6.07) is 16.7. The molecule has 0 aliphatic carbocycles. The van der Waals surface area contributed by atoms with Gasteiger partial charge in [0.05, 0.1) is 11.2 Å². The van der Waals surface area contributed by atoms with Gasteiger partial charge in [0.25, 0.3) is 0 Å². The minimum atomic E-state index is -4.32. The summed E-state index contributed by atoms with van der Waals surface area (Å²) >= 11 is 0. The molecule has 180 valence electrons. The molecular formula is C28H36F3NO. The molecule has 2 fully saturated rings. The number of hydrogen-bond donors (Lipinski definition) is 0. The average Bonchev–Trinajstić information content (AvgIpc) is 2.78. The van der Waals surface area contributed by atoms with Crippen molar-refractivity contribution < 1.29 is 17.9 Å². The van der Waals surface area contributed by atoms with E-state index in [1.165, 1.54) is 30.5 Å². The van der Waals surface area contributed by atoms with Crippen molar-refractivity contribution in [2.45, 2.75) is 69.6 Å². The number of hydrogen-bond acceptors (Lipinski definition) is 2. The van der Waals surface area contributed by atoms with Crippen molar-refractivity contribution in [3.05, 3.63) is 71.3 Å². The highest BCUT2D eigenvalue weighted by Gasteiger charge is 2.43. The molecule has 2 aliphatic heterocycles. The van der Waals surface area contributed by atoms with Crippen LogP contribution in [0.3, 0.4) is 0 Å². The lowest BCUT2D eigenvalue weighted by molar-refractivity contribution is -0.137. The van der Waals surface area contributed by atoms with Crippen molar-refractivity contribution in [2.75, 3.05) is 26.2 Å². The van der Waals surface area contributed by atoms with Crippen molar-refractivity contribution in [1.82, 2.24) is 4.90 Å². The highest BCUT2D eigenvalue weighted by molar-refractivity contribution is 5.33. The summed E-state index contributed by atoms with van der Waals surface area (Å²) in [5.41, 5.74) is 1.04. The molecule has 2 aromatic rings. The predicted octanol–water partition coefficient (Wildman–Crippen LogP) is 6.88. The zero-order chi connectivity index (χ0) is 23.5. The predicted molar refractivity (Wildman–Crippen MR) is 126 cm³/mol. The lowest BCUT2D eigenvalue weighted by Crippen LogP contribution is -2.46. The summed E-state index contributed by atoms with van der Waals surface area (Å²) in [6.45, 7) is 7.76. The van der Waals surface area contributed by atoms with E-state index in [4.69, 9.17) is 4.74 Å². The summed E-state index contributed by atoms with van der Waals surface area (Å²) in [4.78, 5) is 2.51. The molecule has 5 heteroatoms. The van der Waals surface area contributed by atoms with Crippen LogP contribution in [0.25, 0.3) is 0 Å². The Morgan fingerprint density at radius 2 is 1.73 bits per heavy atom. The van der Waals surface area contributed by atoms with E-state index in [1.54, 1.807) is 6.07 Å². The summed E-state index contributed by atoms with van der Waals surface area (Å²) in [5, 5.41) is 0. The summed E-state index contributed by atoms with van der Waals surface area (Å²) < 4.78 is 46.3. The van der Waals surface area contributed by atoms with E-state index in [2.05, 4.69) is 49.1 Å². The van der Waals surface area contributed by atoms with Gasteiger partial charge in [-0.05, 0) is 95.1 Å². The second kappa shape index (κ2) is 9.79. The van der Waals surface area contributed by atoms with Gasteiger partial charge in [0, 0.05) is 12.0 Å². The molecule has 2 aromatic carbocycles. The average molecular weight is 460 g/mol. The first-order chi connectivity index (χ1) is 15.7. The molecule has 2 heterocycles. The lowest BCUT2D eigenvalue weighted by atomic mass is 9.67. The van der Waals surface area contributed by atoms with Crippen LogP contribution in [0.4, 0.5) is 13.2 Å². The van der Waals surface area contributed by atoms with Gasteiger partial charge in [0.15, 0.2) is 0 Å². The first kappa shape index (κ1) is 24.3. The van der Waals surface area contributed by atoms with Gasteiger partial charge in [-0.2, -0.15) is 13.2 Å². The van der Waals surface area contributed by atoms with Crippen LogP contribution in [0.15, 0.2) is 54.6 Å². The van der Waals surface area contributed by atoms with E-state index < -0.39 is 11.7 Å². The molecule has 1 atom stereocenters. The largest absolute Gasteiger partial charge is 0.416 e. The second-order valence-corrected chi connectivity index (χ2v) is 10.6. The van der Waals surface area contributed by atoms with Crippen molar-refractivity contribution in [3.63, 3.8) is 0 Å². The zero-order valence-electron chi connectivity index (χ0n) is 19.8. The van der Waals surface area contributed by atoms with Crippen molar-refractivity contribution in [2.24, 2.45) is 5.92 Å². The Bertz CT molecular complexity index is 903. The Morgan fingerprint density at radius 3 is 2.39 bits per heavy atom. The van der Waals surface area contributed by atoms with Gasteiger partial charge in [-0.25, -0.2) is 0 Å². The highest BCUT2D eigenvalue weighted by atomic mass is 19.4. The summed E-state index contributed by atoms with van der Waals surface area (Å²) in [7, 11) is 0. The number of rotatable bonds is 6. The molecule has 0 radical (unpaired) electrons. The fourth-order valence-corrected chi connectivity index (χ4v) is 5.84. The first-order valence-corrected chi connectivity index (χ1v) is 12.2. The second-order valence-electron chi connectivity index (χ2n) is 10.6. The molecule has 0 aromatic heterocycles. The van der Waals surface area contributed by atoms with Gasteiger partial charge >= 0.3 is 6.18 Å². The molecular weight excluding hydrogens is 423 g/mol. The number of likely N-dealkylation sites (tertiary alicyclic amines) is 1. The fourth-order valence-electron chi connectivity index (χ4n) is 5.84. The van der Waals surface area contributed by atoms with Crippen molar-refractivity contribution in [1.29, 1.82) is 0 Å². The standard InChI is InChI=1S/C28H36F3NO/c1-26(2)21-27(14-18-33-26,24-9-6-10-25(20-24)28(29,30)31)13-17-32-15-11-23(12-16-32)19-22-7-4-3-5-8-22/h3-10,20,23H,11-19,21H2,1-2H3/t27-/m1/s1. The smallest absolute Gasteiger partial charge is 0.376 e. The van der Waals surface area contributed by atoms with Gasteiger partial charge in [0.2, 0.25) is 0 Å². The van der Waals surface area contributed by atoms with Crippen molar-refractivity contribution in [3.8, 4) is 0 Å². The van der Waals surface area contributed by atoms with Crippen LogP contribution >= 0.6 is 0 Å². The van der Waals surface area contributed by atoms with Gasteiger partial charge in [-0.1, -0.05) is 48.5 Å². The van der Waals surface area contributed by atoms with Crippen LogP contribution in [0, 0.1) is 5.92 Å². The molecule has 2 aliphatic rings. The van der Waals surface area contributed by atoms with Crippen LogP contribution < -0.4 is 0 Å². The van der Waals surface area contributed by atoms with Crippen LogP contribution in [0.1, 0.15) is 62.6 Å². The molecule has 0 N–H and O–H groups in total. The monoisotopic (exact) mass is 459 g/mol. The Labute approximate surface area is 196 Å². The maximum Gasteiger partial charge on any atom is 0.416 e. The van der Waals surface area contributed by atoms with E-state index in [0.717, 1.165) is 50.9 Å². The lowest BCUT2D eigenvalue weighted by Gasteiger charge is -2.46. The summed E-state index contributed by atoms with van der Waals surface area (Å²) in [5.74, 6) is 0.711. The van der Waals surface area contributed by atoms with Crippen LogP contribution in [-0.2, 0) is 22.7 Å². The fraction of sp³-hybridized carbons (Fsp3) is 0.571. The molecule has 0 spiro atoms. The molecule has 0 saturated carbocycles. The van der Waals surface area contributed by atoms with Gasteiger partial charge in [-0.15, -0.1) is 0 Å². The quantitative estimate of drug-likeness (QED) is 0.467. The Morgan fingerprint density at radius 1 is 1.00 bits per heavy atom. The number of piperidine rings is 1. The third kappa shape index (κ3) is 6.19. The Hall–Kier alpha value is -1.85. The first-order valence-electron chi connectivity index (χ1n) is 12.2. The van der Waals surface area contributed by atoms with E-state index in [9.17, 15) is 13.2 Å². The number of ether oxygens (including phenoxy) is 1. The van der Waals surface area contributed by atoms with Crippen LogP contribution in [0.5, 0.6) is 0 Å². The van der Waals surface area contributed by atoms with E-state index in [1.807, 2.05) is 6.07 Å². The zero-order valence-corrected chi connectivity index (χ0v) is 19.8. The number of benzene rings is 2. The molecule has 2 nitrogen and oxygen atoms in total. The maximum absolute atomic E-state index is 13.4. The molecule has 0 unspecified atom stereocenters. The Balaban J connectivity index is 1.43. The molecule has 0 bridgehead atoms. The normalized spacial score (nSPS) is 24.6. The molecule has 0 amide bonds. The van der Waals surface area contributed by atoms with E-state index >= 15 is 0 Å². The SMILES string of the molecule is CC1(C)C[C@](CCN2CCC(Cc3ccccc3)CC2)(c2cccc(C(F)(F)F)c2)CCO1. The third-order valence-electron chi connectivity index (χ3n) is 7.62. The topological polar surface area (TPSA) is 12.5 Å². The molecule has 33 heavy (non-hydrogen) atoms.